The molecule has 5 heteroatoms. The summed E-state index contributed by atoms with van der Waals surface area (Å²) in [7, 11) is 1.68. The lowest BCUT2D eigenvalue weighted by atomic mass is 10.2. The van der Waals surface area contributed by atoms with Gasteiger partial charge in [0.25, 0.3) is 0 Å². The van der Waals surface area contributed by atoms with Gasteiger partial charge >= 0.3 is 6.61 Å². The number of para-hydroxylation sites is 1. The fourth-order valence-electron chi connectivity index (χ4n) is 1.35. The second-order valence-corrected chi connectivity index (χ2v) is 2.82. The summed E-state index contributed by atoms with van der Waals surface area (Å²) in [6.07, 6.45) is 0. The van der Waals surface area contributed by atoms with Crippen molar-refractivity contribution < 1.29 is 13.5 Å². The fourth-order valence-corrected chi connectivity index (χ4v) is 1.35. The van der Waals surface area contributed by atoms with Crippen LogP contribution in [0.3, 0.4) is 0 Å². The zero-order chi connectivity index (χ0) is 10.1. The molecule has 1 heterocycles. The Bertz CT molecular complexity index is 453. The van der Waals surface area contributed by atoms with Crippen LogP contribution < -0.4 is 4.74 Å². The summed E-state index contributed by atoms with van der Waals surface area (Å²) in [5.74, 6) is -0.0295. The van der Waals surface area contributed by atoms with Gasteiger partial charge in [-0.05, 0) is 12.1 Å². The van der Waals surface area contributed by atoms with Gasteiger partial charge in [0.15, 0.2) is 0 Å². The molecule has 0 saturated carbocycles. The lowest BCUT2D eigenvalue weighted by Crippen LogP contribution is -2.03. The highest BCUT2D eigenvalue weighted by Crippen LogP contribution is 2.24. The minimum Gasteiger partial charge on any atom is -0.415 e. The Hall–Kier alpha value is -1.65. The van der Waals surface area contributed by atoms with E-state index in [9.17, 15) is 8.78 Å². The first-order chi connectivity index (χ1) is 6.68. The minimum absolute atomic E-state index is 0.0295. The third kappa shape index (κ3) is 1.41. The van der Waals surface area contributed by atoms with Crippen molar-refractivity contribution >= 4 is 10.9 Å². The summed E-state index contributed by atoms with van der Waals surface area (Å²) in [6.45, 7) is -2.84. The number of halogens is 2. The van der Waals surface area contributed by atoms with E-state index in [2.05, 4.69) is 9.84 Å². The molecular formula is C9H8F2N2O. The van der Waals surface area contributed by atoms with Crippen molar-refractivity contribution in [3.05, 3.63) is 24.3 Å². The zero-order valence-electron chi connectivity index (χ0n) is 7.45. The number of benzene rings is 1. The number of alkyl halides is 2. The van der Waals surface area contributed by atoms with Gasteiger partial charge in [-0.2, -0.15) is 8.78 Å². The Labute approximate surface area is 78.9 Å². The molecule has 0 amide bonds. The van der Waals surface area contributed by atoms with Crippen molar-refractivity contribution in [2.75, 3.05) is 0 Å². The maximum atomic E-state index is 12.0. The van der Waals surface area contributed by atoms with E-state index < -0.39 is 6.61 Å². The van der Waals surface area contributed by atoms with E-state index in [1.165, 1.54) is 4.68 Å². The van der Waals surface area contributed by atoms with Crippen LogP contribution in [0.25, 0.3) is 10.9 Å². The van der Waals surface area contributed by atoms with Gasteiger partial charge in [0, 0.05) is 7.05 Å². The summed E-state index contributed by atoms with van der Waals surface area (Å²) in [4.78, 5) is 0. The van der Waals surface area contributed by atoms with Crippen molar-refractivity contribution in [1.82, 2.24) is 9.78 Å². The Morgan fingerprint density at radius 3 is 2.79 bits per heavy atom. The SMILES string of the molecule is Cn1nc(OC(F)F)c2ccccc21. The zero-order valence-corrected chi connectivity index (χ0v) is 7.45. The Balaban J connectivity index is 2.55. The lowest BCUT2D eigenvalue weighted by molar-refractivity contribution is -0.0521. The molecular weight excluding hydrogens is 190 g/mol. The molecule has 0 aliphatic carbocycles. The number of nitrogens with zero attached hydrogens (tertiary/aromatic N) is 2. The quantitative estimate of drug-likeness (QED) is 0.739. The molecule has 74 valence electrons. The van der Waals surface area contributed by atoms with Crippen molar-refractivity contribution in [3.63, 3.8) is 0 Å². The summed E-state index contributed by atoms with van der Waals surface area (Å²) in [6, 6.07) is 7.05. The number of ether oxygens (including phenoxy) is 1. The van der Waals surface area contributed by atoms with Crippen LogP contribution in [0.1, 0.15) is 0 Å². The van der Waals surface area contributed by atoms with Crippen LogP contribution >= 0.6 is 0 Å². The molecule has 1 aromatic carbocycles. The highest BCUT2D eigenvalue weighted by Gasteiger charge is 2.12. The normalized spacial score (nSPS) is 11.1. The maximum absolute atomic E-state index is 12.0. The number of fused-ring (bicyclic) bond motifs is 1. The Morgan fingerprint density at radius 2 is 2.07 bits per heavy atom. The first-order valence-corrected chi connectivity index (χ1v) is 4.05. The molecule has 0 N–H and O–H groups in total. The lowest BCUT2D eigenvalue weighted by Gasteiger charge is -1.98. The third-order valence-electron chi connectivity index (χ3n) is 1.92. The third-order valence-corrected chi connectivity index (χ3v) is 1.92. The molecule has 3 nitrogen and oxygen atoms in total. The van der Waals surface area contributed by atoms with E-state index in [0.717, 1.165) is 5.52 Å². The van der Waals surface area contributed by atoms with Gasteiger partial charge < -0.3 is 4.74 Å². The van der Waals surface area contributed by atoms with Crippen molar-refractivity contribution in [1.29, 1.82) is 0 Å². The predicted molar refractivity (Wildman–Crippen MR) is 47.3 cm³/mol. The van der Waals surface area contributed by atoms with Gasteiger partial charge in [0.2, 0.25) is 5.88 Å². The molecule has 1 aromatic heterocycles. The number of aromatic nitrogens is 2. The summed E-state index contributed by atoms with van der Waals surface area (Å²) in [5.41, 5.74) is 0.767. The Morgan fingerprint density at radius 1 is 1.36 bits per heavy atom. The molecule has 0 aliphatic rings. The van der Waals surface area contributed by atoms with Gasteiger partial charge in [-0.3, -0.25) is 4.68 Å². The van der Waals surface area contributed by atoms with Gasteiger partial charge in [0.05, 0.1) is 10.9 Å². The summed E-state index contributed by atoms with van der Waals surface area (Å²) in [5, 5.41) is 4.44. The second-order valence-electron chi connectivity index (χ2n) is 2.82. The average Bonchev–Trinajstić information content (AvgIpc) is 2.44. The van der Waals surface area contributed by atoms with Crippen molar-refractivity contribution in [3.8, 4) is 5.88 Å². The monoisotopic (exact) mass is 198 g/mol. The standard InChI is InChI=1S/C9H8F2N2O/c1-13-7-5-3-2-4-6(7)8(12-13)14-9(10)11/h2-5,9H,1H3. The predicted octanol–water partition coefficient (Wildman–Crippen LogP) is 2.17. The van der Waals surface area contributed by atoms with E-state index in [1.807, 2.05) is 6.07 Å². The summed E-state index contributed by atoms with van der Waals surface area (Å²) >= 11 is 0. The van der Waals surface area contributed by atoms with Crippen LogP contribution in [0.15, 0.2) is 24.3 Å². The van der Waals surface area contributed by atoms with Crippen LogP contribution in [-0.2, 0) is 7.05 Å². The smallest absolute Gasteiger partial charge is 0.388 e. The fraction of sp³-hybridized carbons (Fsp3) is 0.222. The van der Waals surface area contributed by atoms with E-state index in [1.54, 1.807) is 25.2 Å². The van der Waals surface area contributed by atoms with E-state index in [0.29, 0.717) is 5.39 Å². The van der Waals surface area contributed by atoms with Gasteiger partial charge in [-0.25, -0.2) is 0 Å². The molecule has 0 saturated heterocycles. The van der Waals surface area contributed by atoms with Crippen LogP contribution in [0.5, 0.6) is 5.88 Å². The second kappa shape index (κ2) is 3.25. The Kier molecular flexibility index (Phi) is 2.07. The van der Waals surface area contributed by atoms with Crippen molar-refractivity contribution in [2.45, 2.75) is 6.61 Å². The molecule has 0 unspecified atom stereocenters. The topological polar surface area (TPSA) is 27.1 Å². The molecule has 2 aromatic rings. The van der Waals surface area contributed by atoms with Crippen LogP contribution in [0.4, 0.5) is 8.78 Å². The first-order valence-electron chi connectivity index (χ1n) is 4.05. The number of rotatable bonds is 2. The maximum Gasteiger partial charge on any atom is 0.388 e. The molecule has 2 rings (SSSR count). The summed E-state index contributed by atoms with van der Waals surface area (Å²) < 4.78 is 29.8. The van der Waals surface area contributed by atoms with E-state index in [-0.39, 0.29) is 5.88 Å². The molecule has 14 heavy (non-hydrogen) atoms. The van der Waals surface area contributed by atoms with E-state index in [4.69, 9.17) is 0 Å². The highest BCUT2D eigenvalue weighted by atomic mass is 19.3. The van der Waals surface area contributed by atoms with Gasteiger partial charge in [-0.15, -0.1) is 5.10 Å². The van der Waals surface area contributed by atoms with Crippen LogP contribution in [0, 0.1) is 0 Å². The number of hydrogen-bond donors (Lipinski definition) is 0. The molecule has 0 radical (unpaired) electrons. The van der Waals surface area contributed by atoms with Crippen molar-refractivity contribution in [2.24, 2.45) is 7.05 Å². The molecule has 0 fully saturated rings. The molecule has 0 spiro atoms. The first kappa shape index (κ1) is 8.93. The molecule has 0 aliphatic heterocycles. The van der Waals surface area contributed by atoms with E-state index >= 15 is 0 Å². The average molecular weight is 198 g/mol. The number of aryl methyl sites for hydroxylation is 1. The molecule has 0 bridgehead atoms. The highest BCUT2D eigenvalue weighted by molar-refractivity contribution is 5.84. The minimum atomic E-state index is -2.84. The van der Waals surface area contributed by atoms with Gasteiger partial charge in [-0.1, -0.05) is 12.1 Å². The molecule has 0 atom stereocenters. The number of hydrogen-bond acceptors (Lipinski definition) is 2. The van der Waals surface area contributed by atoms with Crippen LogP contribution in [-0.4, -0.2) is 16.4 Å². The van der Waals surface area contributed by atoms with Crippen LogP contribution in [0.2, 0.25) is 0 Å². The van der Waals surface area contributed by atoms with Gasteiger partial charge in [0.1, 0.15) is 0 Å². The largest absolute Gasteiger partial charge is 0.415 e.